The standard InChI is InChI=1S/C26H30N2O3/c1-19-3-2-11-27(19)12-10-24-17-23-9-8-22(18-25(23)31-24)20-4-6-21(7-5-20)26(29)28-13-15-30-16-14-28/h4-9,17-19H,2-3,10-16H2,1H3. The highest BCUT2D eigenvalue weighted by atomic mass is 16.5. The number of nitrogens with zero attached hydrogens (tertiary/aromatic N) is 2. The number of hydrogen-bond donors (Lipinski definition) is 0. The molecular formula is C26H30N2O3. The smallest absolute Gasteiger partial charge is 0.254 e. The lowest BCUT2D eigenvalue weighted by Gasteiger charge is -2.26. The second-order valence-electron chi connectivity index (χ2n) is 8.72. The largest absolute Gasteiger partial charge is 0.461 e. The normalized spacial score (nSPS) is 19.9. The summed E-state index contributed by atoms with van der Waals surface area (Å²) in [5.74, 6) is 1.13. The molecule has 2 aliphatic heterocycles. The molecule has 5 nitrogen and oxygen atoms in total. The van der Waals surface area contributed by atoms with Crippen LogP contribution in [0.2, 0.25) is 0 Å². The van der Waals surface area contributed by atoms with Crippen molar-refractivity contribution in [3.63, 3.8) is 0 Å². The summed E-state index contributed by atoms with van der Waals surface area (Å²) in [5.41, 5.74) is 3.84. The van der Waals surface area contributed by atoms with Gasteiger partial charge in [0.05, 0.1) is 13.2 Å². The van der Waals surface area contributed by atoms with Gasteiger partial charge in [0.2, 0.25) is 0 Å². The van der Waals surface area contributed by atoms with Crippen LogP contribution in [-0.4, -0.2) is 61.1 Å². The van der Waals surface area contributed by atoms with Crippen LogP contribution in [0, 0.1) is 0 Å². The van der Waals surface area contributed by atoms with Gasteiger partial charge in [0.25, 0.3) is 5.91 Å². The quantitative estimate of drug-likeness (QED) is 0.608. The Bertz CT molecular complexity index is 1050. The van der Waals surface area contributed by atoms with E-state index in [1.807, 2.05) is 29.2 Å². The molecule has 2 aromatic carbocycles. The molecule has 0 spiro atoms. The number of carbonyl (C=O) groups is 1. The van der Waals surface area contributed by atoms with Crippen LogP contribution in [0.5, 0.6) is 0 Å². The Morgan fingerprint density at radius 3 is 2.52 bits per heavy atom. The van der Waals surface area contributed by atoms with Crippen molar-refractivity contribution >= 4 is 16.9 Å². The fraction of sp³-hybridized carbons (Fsp3) is 0.423. The highest BCUT2D eigenvalue weighted by molar-refractivity contribution is 5.95. The van der Waals surface area contributed by atoms with E-state index in [-0.39, 0.29) is 5.91 Å². The third kappa shape index (κ3) is 4.39. The van der Waals surface area contributed by atoms with Crippen molar-refractivity contribution in [1.29, 1.82) is 0 Å². The summed E-state index contributed by atoms with van der Waals surface area (Å²) in [4.78, 5) is 17.1. The molecule has 0 bridgehead atoms. The van der Waals surface area contributed by atoms with Crippen LogP contribution in [0.4, 0.5) is 0 Å². The monoisotopic (exact) mass is 418 g/mol. The lowest BCUT2D eigenvalue weighted by Crippen LogP contribution is -2.40. The topological polar surface area (TPSA) is 45.9 Å². The Kier molecular flexibility index (Phi) is 5.79. The first-order chi connectivity index (χ1) is 15.2. The molecule has 5 rings (SSSR count). The predicted molar refractivity (Wildman–Crippen MR) is 122 cm³/mol. The van der Waals surface area contributed by atoms with Crippen molar-refractivity contribution in [2.75, 3.05) is 39.4 Å². The van der Waals surface area contributed by atoms with E-state index in [1.165, 1.54) is 19.4 Å². The molecule has 1 aromatic heterocycles. The lowest BCUT2D eigenvalue weighted by molar-refractivity contribution is 0.0303. The number of amides is 1. The Labute approximate surface area is 183 Å². The Morgan fingerprint density at radius 1 is 1.00 bits per heavy atom. The van der Waals surface area contributed by atoms with Crippen molar-refractivity contribution in [2.24, 2.45) is 0 Å². The highest BCUT2D eigenvalue weighted by Crippen LogP contribution is 2.28. The van der Waals surface area contributed by atoms with Gasteiger partial charge in [-0.2, -0.15) is 0 Å². The fourth-order valence-corrected chi connectivity index (χ4v) is 4.72. The maximum absolute atomic E-state index is 12.7. The molecule has 2 fully saturated rings. The molecule has 3 aromatic rings. The van der Waals surface area contributed by atoms with Gasteiger partial charge in [-0.1, -0.05) is 24.3 Å². The second-order valence-corrected chi connectivity index (χ2v) is 8.72. The molecule has 3 heterocycles. The molecule has 162 valence electrons. The molecule has 0 aliphatic carbocycles. The molecule has 0 saturated carbocycles. The molecule has 0 radical (unpaired) electrons. The molecule has 1 amide bonds. The van der Waals surface area contributed by atoms with Crippen LogP contribution in [-0.2, 0) is 11.2 Å². The van der Waals surface area contributed by atoms with Crippen molar-refractivity contribution in [1.82, 2.24) is 9.80 Å². The summed E-state index contributed by atoms with van der Waals surface area (Å²) < 4.78 is 11.5. The highest BCUT2D eigenvalue weighted by Gasteiger charge is 2.20. The van der Waals surface area contributed by atoms with E-state index in [2.05, 4.69) is 36.1 Å². The molecule has 5 heteroatoms. The molecular weight excluding hydrogens is 388 g/mol. The van der Waals surface area contributed by atoms with Gasteiger partial charge in [0.15, 0.2) is 0 Å². The van der Waals surface area contributed by atoms with Crippen molar-refractivity contribution in [2.45, 2.75) is 32.2 Å². The summed E-state index contributed by atoms with van der Waals surface area (Å²) >= 11 is 0. The lowest BCUT2D eigenvalue weighted by atomic mass is 10.0. The van der Waals surface area contributed by atoms with Gasteiger partial charge in [-0.25, -0.2) is 0 Å². The first-order valence-electron chi connectivity index (χ1n) is 11.4. The zero-order chi connectivity index (χ0) is 21.2. The van der Waals surface area contributed by atoms with Gasteiger partial charge >= 0.3 is 0 Å². The average Bonchev–Trinajstić information content (AvgIpc) is 3.42. The average molecular weight is 419 g/mol. The van der Waals surface area contributed by atoms with Crippen LogP contribution < -0.4 is 0 Å². The minimum absolute atomic E-state index is 0.0771. The number of furan rings is 1. The number of morpholine rings is 1. The van der Waals surface area contributed by atoms with Gasteiger partial charge < -0.3 is 19.0 Å². The van der Waals surface area contributed by atoms with Crippen molar-refractivity contribution < 1.29 is 13.9 Å². The van der Waals surface area contributed by atoms with E-state index in [1.54, 1.807) is 0 Å². The van der Waals surface area contributed by atoms with Crippen LogP contribution in [0.3, 0.4) is 0 Å². The van der Waals surface area contributed by atoms with Crippen LogP contribution in [0.1, 0.15) is 35.9 Å². The van der Waals surface area contributed by atoms with Crippen molar-refractivity contribution in [3.05, 3.63) is 59.9 Å². The van der Waals surface area contributed by atoms with E-state index >= 15 is 0 Å². The van der Waals surface area contributed by atoms with Crippen molar-refractivity contribution in [3.8, 4) is 11.1 Å². The summed E-state index contributed by atoms with van der Waals surface area (Å²) in [7, 11) is 0. The Morgan fingerprint density at radius 2 is 1.77 bits per heavy atom. The second kappa shape index (κ2) is 8.85. The molecule has 2 saturated heterocycles. The van der Waals surface area contributed by atoms with Crippen LogP contribution in [0.25, 0.3) is 22.1 Å². The minimum Gasteiger partial charge on any atom is -0.461 e. The number of rotatable bonds is 5. The zero-order valence-corrected chi connectivity index (χ0v) is 18.2. The van der Waals surface area contributed by atoms with Gasteiger partial charge in [-0.05, 0) is 61.7 Å². The third-order valence-electron chi connectivity index (χ3n) is 6.67. The maximum atomic E-state index is 12.7. The van der Waals surface area contributed by atoms with Gasteiger partial charge in [0, 0.05) is 43.0 Å². The number of likely N-dealkylation sites (tertiary alicyclic amines) is 1. The Hall–Kier alpha value is -2.63. The van der Waals surface area contributed by atoms with E-state index in [9.17, 15) is 4.79 Å². The number of carbonyl (C=O) groups excluding carboxylic acids is 1. The molecule has 31 heavy (non-hydrogen) atoms. The summed E-state index contributed by atoms with van der Waals surface area (Å²) in [6, 6.07) is 17.1. The minimum atomic E-state index is 0.0771. The third-order valence-corrected chi connectivity index (χ3v) is 6.67. The number of ether oxygens (including phenoxy) is 1. The van der Waals surface area contributed by atoms with Crippen LogP contribution in [0.15, 0.2) is 52.9 Å². The SMILES string of the molecule is CC1CCCN1CCc1cc2ccc(-c3ccc(C(=O)N4CCOCC4)cc3)cc2o1. The summed E-state index contributed by atoms with van der Waals surface area (Å²) in [6.45, 7) is 7.14. The van der Waals surface area contributed by atoms with Gasteiger partial charge in [-0.15, -0.1) is 0 Å². The molecule has 1 atom stereocenters. The molecule has 2 aliphatic rings. The van der Waals surface area contributed by atoms with E-state index in [4.69, 9.17) is 9.15 Å². The zero-order valence-electron chi connectivity index (χ0n) is 18.2. The van der Waals surface area contributed by atoms with E-state index < -0.39 is 0 Å². The van der Waals surface area contributed by atoms with E-state index in [0.29, 0.717) is 32.3 Å². The summed E-state index contributed by atoms with van der Waals surface area (Å²) in [6.07, 6.45) is 3.56. The number of fused-ring (bicyclic) bond motifs is 1. The van der Waals surface area contributed by atoms with Gasteiger partial charge in [0.1, 0.15) is 11.3 Å². The first-order valence-corrected chi connectivity index (χ1v) is 11.4. The number of hydrogen-bond acceptors (Lipinski definition) is 4. The Balaban J connectivity index is 1.29. The fourth-order valence-electron chi connectivity index (χ4n) is 4.72. The molecule has 1 unspecified atom stereocenters. The predicted octanol–water partition coefficient (Wildman–Crippen LogP) is 4.60. The van der Waals surface area contributed by atoms with Gasteiger partial charge in [-0.3, -0.25) is 4.79 Å². The number of benzene rings is 2. The summed E-state index contributed by atoms with van der Waals surface area (Å²) in [5, 5.41) is 1.15. The molecule has 0 N–H and O–H groups in total. The van der Waals surface area contributed by atoms with E-state index in [0.717, 1.165) is 46.4 Å². The maximum Gasteiger partial charge on any atom is 0.254 e. The first kappa shape index (κ1) is 20.3. The van der Waals surface area contributed by atoms with Crippen LogP contribution >= 0.6 is 0 Å².